The van der Waals surface area contributed by atoms with Crippen LogP contribution in [0.15, 0.2) is 12.2 Å². The van der Waals surface area contributed by atoms with Gasteiger partial charge in [0.15, 0.2) is 0 Å². The van der Waals surface area contributed by atoms with Gasteiger partial charge >= 0.3 is 0 Å². The first kappa shape index (κ1) is 9.19. The van der Waals surface area contributed by atoms with Crippen LogP contribution in [0.5, 0.6) is 0 Å². The highest BCUT2D eigenvalue weighted by Gasteiger charge is 2.42. The number of aliphatic hydroxyl groups excluding tert-OH is 1. The van der Waals surface area contributed by atoms with Gasteiger partial charge in [-0.05, 0) is 14.1 Å². The van der Waals surface area contributed by atoms with Crippen LogP contribution >= 0.6 is 0 Å². The van der Waals surface area contributed by atoms with Gasteiger partial charge in [-0.1, -0.05) is 12.2 Å². The number of rotatable bonds is 2. The third-order valence-corrected chi connectivity index (χ3v) is 2.67. The molecule has 3 heteroatoms. The van der Waals surface area contributed by atoms with E-state index in [2.05, 4.69) is 17.1 Å². The van der Waals surface area contributed by atoms with Crippen LogP contribution in [0.2, 0.25) is 0 Å². The van der Waals surface area contributed by atoms with Crippen LogP contribution in [-0.4, -0.2) is 48.5 Å². The van der Waals surface area contributed by atoms with Crippen molar-refractivity contribution >= 4 is 0 Å². The summed E-state index contributed by atoms with van der Waals surface area (Å²) in [5.74, 6) is 0. The molecule has 1 unspecified atom stereocenters. The molecule has 0 radical (unpaired) electrons. The number of ether oxygens (including phenoxy) is 1. The Hall–Kier alpha value is -0.380. The van der Waals surface area contributed by atoms with Crippen molar-refractivity contribution in [3.63, 3.8) is 0 Å². The highest BCUT2D eigenvalue weighted by Crippen LogP contribution is 2.36. The van der Waals surface area contributed by atoms with Gasteiger partial charge in [-0.2, -0.15) is 0 Å². The summed E-state index contributed by atoms with van der Waals surface area (Å²) in [5.41, 5.74) is -0.216. The van der Waals surface area contributed by atoms with Crippen LogP contribution in [0.4, 0.5) is 0 Å². The Morgan fingerprint density at radius 2 is 2.38 bits per heavy atom. The van der Waals surface area contributed by atoms with E-state index in [0.717, 1.165) is 19.4 Å². The minimum absolute atomic E-state index is 0.142. The Balaban J connectivity index is 2.09. The lowest BCUT2D eigenvalue weighted by Crippen LogP contribution is -2.46. The fourth-order valence-electron chi connectivity index (χ4n) is 2.35. The molecule has 1 saturated heterocycles. The second-order valence-electron chi connectivity index (χ2n) is 4.41. The van der Waals surface area contributed by atoms with Crippen molar-refractivity contribution in [2.24, 2.45) is 0 Å². The standard InChI is InChI=1S/C10H17NO2/c1-11(2)7-10-4-3-9(13-10)5-8(12)6-10/h3-4,8-9,12H,5-7H2,1-2H3/t8-,9-,10?/m0/s1. The molecule has 0 aromatic rings. The molecule has 2 aliphatic rings. The molecule has 0 spiro atoms. The lowest BCUT2D eigenvalue weighted by Gasteiger charge is -2.37. The molecule has 2 heterocycles. The minimum Gasteiger partial charge on any atom is -0.393 e. The number of aliphatic hydroxyl groups is 1. The molecule has 3 atom stereocenters. The number of hydrogen-bond donors (Lipinski definition) is 1. The summed E-state index contributed by atoms with van der Waals surface area (Å²) in [6.07, 6.45) is 5.63. The zero-order valence-electron chi connectivity index (χ0n) is 8.23. The third-order valence-electron chi connectivity index (χ3n) is 2.67. The van der Waals surface area contributed by atoms with Crippen LogP contribution in [0, 0.1) is 0 Å². The van der Waals surface area contributed by atoms with Gasteiger partial charge in [0.2, 0.25) is 0 Å². The Kier molecular flexibility index (Phi) is 2.18. The summed E-state index contributed by atoms with van der Waals surface area (Å²) in [5, 5.41) is 9.63. The first-order chi connectivity index (χ1) is 6.10. The smallest absolute Gasteiger partial charge is 0.102 e. The minimum atomic E-state index is -0.216. The normalized spacial score (nSPS) is 43.1. The predicted molar refractivity (Wildman–Crippen MR) is 50.5 cm³/mol. The summed E-state index contributed by atoms with van der Waals surface area (Å²) in [4.78, 5) is 2.10. The average Bonchev–Trinajstić information content (AvgIpc) is 2.24. The first-order valence-corrected chi connectivity index (χ1v) is 4.80. The van der Waals surface area contributed by atoms with E-state index in [1.54, 1.807) is 0 Å². The largest absolute Gasteiger partial charge is 0.393 e. The second-order valence-corrected chi connectivity index (χ2v) is 4.41. The maximum absolute atomic E-state index is 9.63. The molecule has 74 valence electrons. The topological polar surface area (TPSA) is 32.7 Å². The molecular weight excluding hydrogens is 166 g/mol. The van der Waals surface area contributed by atoms with Crippen LogP contribution < -0.4 is 0 Å². The van der Waals surface area contributed by atoms with Crippen molar-refractivity contribution < 1.29 is 9.84 Å². The Morgan fingerprint density at radius 1 is 1.62 bits per heavy atom. The van der Waals surface area contributed by atoms with E-state index in [4.69, 9.17) is 4.74 Å². The van der Waals surface area contributed by atoms with E-state index in [9.17, 15) is 5.11 Å². The highest BCUT2D eigenvalue weighted by molar-refractivity contribution is 5.16. The summed E-state index contributed by atoms with van der Waals surface area (Å²) < 4.78 is 5.85. The maximum atomic E-state index is 9.63. The Labute approximate surface area is 79.0 Å². The van der Waals surface area contributed by atoms with Gasteiger partial charge in [0.1, 0.15) is 5.60 Å². The summed E-state index contributed by atoms with van der Waals surface area (Å²) in [7, 11) is 4.06. The molecule has 0 aliphatic carbocycles. The van der Waals surface area contributed by atoms with Crippen molar-refractivity contribution in [3.05, 3.63) is 12.2 Å². The molecule has 0 amide bonds. The SMILES string of the molecule is CN(C)CC12C=C[C@@H](C[C@H](O)C1)O2. The zero-order valence-corrected chi connectivity index (χ0v) is 8.23. The van der Waals surface area contributed by atoms with E-state index >= 15 is 0 Å². The van der Waals surface area contributed by atoms with Gasteiger partial charge in [0.25, 0.3) is 0 Å². The van der Waals surface area contributed by atoms with Gasteiger partial charge in [0, 0.05) is 19.4 Å². The lowest BCUT2D eigenvalue weighted by molar-refractivity contribution is -0.111. The van der Waals surface area contributed by atoms with E-state index in [-0.39, 0.29) is 17.8 Å². The third kappa shape index (κ3) is 1.77. The van der Waals surface area contributed by atoms with Crippen LogP contribution in [-0.2, 0) is 4.74 Å². The van der Waals surface area contributed by atoms with Gasteiger partial charge < -0.3 is 14.7 Å². The van der Waals surface area contributed by atoms with Gasteiger partial charge in [-0.15, -0.1) is 0 Å². The van der Waals surface area contributed by atoms with Crippen molar-refractivity contribution in [3.8, 4) is 0 Å². The number of hydrogen-bond acceptors (Lipinski definition) is 3. The molecule has 1 fully saturated rings. The molecule has 0 saturated carbocycles. The first-order valence-electron chi connectivity index (χ1n) is 4.80. The van der Waals surface area contributed by atoms with E-state index in [1.807, 2.05) is 14.1 Å². The lowest BCUT2D eigenvalue weighted by atomic mass is 9.93. The van der Waals surface area contributed by atoms with Crippen LogP contribution in [0.1, 0.15) is 12.8 Å². The Bertz CT molecular complexity index is 223. The molecular formula is C10H17NO2. The Morgan fingerprint density at radius 3 is 3.08 bits per heavy atom. The molecule has 2 rings (SSSR count). The maximum Gasteiger partial charge on any atom is 0.102 e. The predicted octanol–water partition coefficient (Wildman–Crippen LogP) is 0.396. The van der Waals surface area contributed by atoms with Crippen molar-refractivity contribution in [1.82, 2.24) is 4.90 Å². The van der Waals surface area contributed by atoms with Gasteiger partial charge in [0.05, 0.1) is 12.2 Å². The fraction of sp³-hybridized carbons (Fsp3) is 0.800. The van der Waals surface area contributed by atoms with Gasteiger partial charge in [-0.3, -0.25) is 0 Å². The number of nitrogens with zero attached hydrogens (tertiary/aromatic N) is 1. The molecule has 0 aromatic carbocycles. The highest BCUT2D eigenvalue weighted by atomic mass is 16.5. The average molecular weight is 183 g/mol. The quantitative estimate of drug-likeness (QED) is 0.629. The number of fused-ring (bicyclic) bond motifs is 2. The van der Waals surface area contributed by atoms with E-state index in [1.165, 1.54) is 0 Å². The molecule has 3 nitrogen and oxygen atoms in total. The van der Waals surface area contributed by atoms with E-state index < -0.39 is 0 Å². The molecule has 1 N–H and O–H groups in total. The molecule has 2 aliphatic heterocycles. The summed E-state index contributed by atoms with van der Waals surface area (Å²) in [6.45, 7) is 0.858. The summed E-state index contributed by atoms with van der Waals surface area (Å²) in [6, 6.07) is 0. The molecule has 13 heavy (non-hydrogen) atoms. The second kappa shape index (κ2) is 3.08. The molecule has 0 aromatic heterocycles. The molecule has 2 bridgehead atoms. The van der Waals surface area contributed by atoms with Gasteiger partial charge in [-0.25, -0.2) is 0 Å². The van der Waals surface area contributed by atoms with Crippen molar-refractivity contribution in [2.75, 3.05) is 20.6 Å². The fourth-order valence-corrected chi connectivity index (χ4v) is 2.35. The monoisotopic (exact) mass is 183 g/mol. The van der Waals surface area contributed by atoms with Crippen LogP contribution in [0.3, 0.4) is 0 Å². The van der Waals surface area contributed by atoms with E-state index in [0.29, 0.717) is 0 Å². The van der Waals surface area contributed by atoms with Crippen molar-refractivity contribution in [1.29, 1.82) is 0 Å². The number of likely N-dealkylation sites (N-methyl/N-ethyl adjacent to an activating group) is 1. The summed E-state index contributed by atoms with van der Waals surface area (Å²) >= 11 is 0. The van der Waals surface area contributed by atoms with Crippen LogP contribution in [0.25, 0.3) is 0 Å². The van der Waals surface area contributed by atoms with Crippen molar-refractivity contribution in [2.45, 2.75) is 30.7 Å². The zero-order chi connectivity index (χ0) is 9.47.